The molecule has 1 aromatic carbocycles. The molecule has 1 amide bonds. The van der Waals surface area contributed by atoms with Crippen LogP contribution in [-0.4, -0.2) is 42.8 Å². The van der Waals surface area contributed by atoms with Crippen LogP contribution >= 0.6 is 0 Å². The molecule has 0 aliphatic carbocycles. The van der Waals surface area contributed by atoms with E-state index in [1.54, 1.807) is 37.1 Å². The molecule has 1 atom stereocenters. The highest BCUT2D eigenvalue weighted by Crippen LogP contribution is 2.26. The lowest BCUT2D eigenvalue weighted by atomic mass is 10.0. The summed E-state index contributed by atoms with van der Waals surface area (Å²) in [5.74, 6) is 0.450. The Morgan fingerprint density at radius 1 is 1.38 bits per heavy atom. The topological polar surface area (TPSA) is 115 Å². The molecule has 0 saturated heterocycles. The highest BCUT2D eigenvalue weighted by Gasteiger charge is 2.24. The molecule has 0 radical (unpaired) electrons. The Balaban J connectivity index is 1.79. The third-order valence-corrected chi connectivity index (χ3v) is 5.72. The van der Waals surface area contributed by atoms with E-state index in [2.05, 4.69) is 20.2 Å². The van der Waals surface area contributed by atoms with Crippen molar-refractivity contribution in [1.29, 1.82) is 0 Å². The van der Waals surface area contributed by atoms with E-state index in [1.165, 1.54) is 6.07 Å². The van der Waals surface area contributed by atoms with Gasteiger partial charge < -0.3 is 14.6 Å². The van der Waals surface area contributed by atoms with Gasteiger partial charge in [0.1, 0.15) is 6.33 Å². The van der Waals surface area contributed by atoms with Gasteiger partial charge in [-0.15, -0.1) is 10.2 Å². The summed E-state index contributed by atoms with van der Waals surface area (Å²) in [4.78, 5) is 11.6. The summed E-state index contributed by atoms with van der Waals surface area (Å²) in [5, 5.41) is 10.6. The average molecular weight is 379 g/mol. The number of amides is 1. The van der Waals surface area contributed by atoms with Gasteiger partial charge in [0, 0.05) is 25.8 Å². The zero-order valence-corrected chi connectivity index (χ0v) is 15.4. The molecule has 9 nitrogen and oxygen atoms in total. The maximum atomic E-state index is 12.7. The number of hydrogen-bond acceptors (Lipinski definition) is 6. The van der Waals surface area contributed by atoms with Gasteiger partial charge in [0.2, 0.25) is 15.9 Å². The molecule has 2 heterocycles. The van der Waals surface area contributed by atoms with Crippen molar-refractivity contribution in [3.63, 3.8) is 0 Å². The fourth-order valence-electron chi connectivity index (χ4n) is 2.84. The first-order valence-corrected chi connectivity index (χ1v) is 9.71. The lowest BCUT2D eigenvalue weighted by Crippen LogP contribution is -2.29. The van der Waals surface area contributed by atoms with E-state index >= 15 is 0 Å². The number of sulfonamides is 1. The molecular formula is C16H21N5O4S. The molecular weight excluding hydrogens is 358 g/mol. The van der Waals surface area contributed by atoms with Gasteiger partial charge >= 0.3 is 0 Å². The van der Waals surface area contributed by atoms with Gasteiger partial charge in [-0.3, -0.25) is 4.79 Å². The standard InChI is InChI=1S/C16H21N5O4S/c1-11(16-19-17-10-21(16)7-8-25-2)20-26(23,24)13-4-5-14-12(9-13)3-6-15(22)18-14/h4-5,9-11,20H,3,6-8H2,1-2H3,(H,18,22)/t11-/m1/s1. The first-order valence-electron chi connectivity index (χ1n) is 8.22. The number of methoxy groups -OCH3 is 1. The number of carbonyl (C=O) groups excluding carboxylic acids is 1. The van der Waals surface area contributed by atoms with E-state index in [1.807, 2.05) is 0 Å². The molecule has 0 saturated carbocycles. The zero-order valence-electron chi connectivity index (χ0n) is 14.6. The van der Waals surface area contributed by atoms with Crippen LogP contribution in [0, 0.1) is 0 Å². The molecule has 1 aliphatic heterocycles. The fourth-order valence-corrected chi connectivity index (χ4v) is 4.09. The van der Waals surface area contributed by atoms with Gasteiger partial charge in [0.15, 0.2) is 5.82 Å². The Labute approximate surface area is 151 Å². The van der Waals surface area contributed by atoms with Crippen molar-refractivity contribution in [1.82, 2.24) is 19.5 Å². The van der Waals surface area contributed by atoms with E-state index in [4.69, 9.17) is 4.74 Å². The molecule has 0 spiro atoms. The van der Waals surface area contributed by atoms with E-state index in [9.17, 15) is 13.2 Å². The molecule has 26 heavy (non-hydrogen) atoms. The Bertz CT molecular complexity index is 909. The number of aromatic nitrogens is 3. The minimum Gasteiger partial charge on any atom is -0.383 e. The van der Waals surface area contributed by atoms with Crippen LogP contribution in [0.1, 0.15) is 30.8 Å². The number of anilines is 1. The van der Waals surface area contributed by atoms with Crippen LogP contribution in [0.5, 0.6) is 0 Å². The first kappa shape index (κ1) is 18.5. The van der Waals surface area contributed by atoms with Crippen molar-refractivity contribution < 1.29 is 17.9 Å². The van der Waals surface area contributed by atoms with Crippen LogP contribution < -0.4 is 10.0 Å². The summed E-state index contributed by atoms with van der Waals surface area (Å²) in [6, 6.07) is 4.14. The molecule has 0 fully saturated rings. The number of aryl methyl sites for hydroxylation is 1. The molecule has 0 unspecified atom stereocenters. The Morgan fingerprint density at radius 2 is 2.19 bits per heavy atom. The third kappa shape index (κ3) is 3.92. The Hall–Kier alpha value is -2.30. The zero-order chi connectivity index (χ0) is 18.7. The lowest BCUT2D eigenvalue weighted by Gasteiger charge is -2.19. The number of hydrogen-bond donors (Lipinski definition) is 2. The van der Waals surface area contributed by atoms with Crippen LogP contribution in [0.15, 0.2) is 29.4 Å². The number of nitrogens with zero attached hydrogens (tertiary/aromatic N) is 3. The summed E-state index contributed by atoms with van der Waals surface area (Å²) in [6.07, 6.45) is 2.41. The van der Waals surface area contributed by atoms with Crippen molar-refractivity contribution in [2.75, 3.05) is 19.0 Å². The van der Waals surface area contributed by atoms with Crippen molar-refractivity contribution in [2.45, 2.75) is 37.2 Å². The molecule has 2 aromatic rings. The van der Waals surface area contributed by atoms with Crippen LogP contribution in [-0.2, 0) is 32.5 Å². The minimum atomic E-state index is -3.74. The third-order valence-electron chi connectivity index (χ3n) is 4.18. The van der Waals surface area contributed by atoms with Crippen molar-refractivity contribution in [2.24, 2.45) is 0 Å². The van der Waals surface area contributed by atoms with Gasteiger partial charge in [-0.1, -0.05) is 0 Å². The first-order chi connectivity index (χ1) is 12.4. The van der Waals surface area contributed by atoms with Crippen LogP contribution in [0.3, 0.4) is 0 Å². The normalized spacial score (nSPS) is 15.4. The van der Waals surface area contributed by atoms with Crippen LogP contribution in [0.25, 0.3) is 0 Å². The predicted molar refractivity (Wildman–Crippen MR) is 94.0 cm³/mol. The predicted octanol–water partition coefficient (Wildman–Crippen LogP) is 0.849. The summed E-state index contributed by atoms with van der Waals surface area (Å²) in [5.41, 5.74) is 1.47. The van der Waals surface area contributed by atoms with Gasteiger partial charge in [-0.05, 0) is 37.1 Å². The van der Waals surface area contributed by atoms with E-state index in [0.29, 0.717) is 37.5 Å². The van der Waals surface area contributed by atoms with Gasteiger partial charge in [-0.25, -0.2) is 13.1 Å². The second-order valence-corrected chi connectivity index (χ2v) is 7.80. The van der Waals surface area contributed by atoms with Gasteiger partial charge in [-0.2, -0.15) is 0 Å². The Kier molecular flexibility index (Phi) is 5.35. The maximum absolute atomic E-state index is 12.7. The van der Waals surface area contributed by atoms with Gasteiger partial charge in [0.05, 0.1) is 17.5 Å². The second-order valence-electron chi connectivity index (χ2n) is 6.09. The molecule has 1 aromatic heterocycles. The number of fused-ring (bicyclic) bond motifs is 1. The molecule has 0 bridgehead atoms. The number of nitrogens with one attached hydrogen (secondary N) is 2. The van der Waals surface area contributed by atoms with Crippen molar-refractivity contribution >= 4 is 21.6 Å². The quantitative estimate of drug-likeness (QED) is 0.737. The van der Waals surface area contributed by atoms with E-state index in [-0.39, 0.29) is 10.8 Å². The fraction of sp³-hybridized carbons (Fsp3) is 0.438. The van der Waals surface area contributed by atoms with Crippen LogP contribution in [0.2, 0.25) is 0 Å². The SMILES string of the molecule is COCCn1cnnc1[C@@H](C)NS(=O)(=O)c1ccc2c(c1)CCC(=O)N2. The summed E-state index contributed by atoms with van der Waals surface area (Å²) in [7, 11) is -2.15. The Morgan fingerprint density at radius 3 is 2.96 bits per heavy atom. The minimum absolute atomic E-state index is 0.0600. The number of rotatable bonds is 7. The smallest absolute Gasteiger partial charge is 0.241 e. The summed E-state index contributed by atoms with van der Waals surface area (Å²) in [6.45, 7) is 2.72. The van der Waals surface area contributed by atoms with E-state index in [0.717, 1.165) is 5.56 Å². The molecule has 3 rings (SSSR count). The van der Waals surface area contributed by atoms with Crippen LogP contribution in [0.4, 0.5) is 5.69 Å². The van der Waals surface area contributed by atoms with Gasteiger partial charge in [0.25, 0.3) is 0 Å². The monoisotopic (exact) mass is 379 g/mol. The molecule has 10 heteroatoms. The van der Waals surface area contributed by atoms with Crippen molar-refractivity contribution in [3.05, 3.63) is 35.9 Å². The molecule has 2 N–H and O–H groups in total. The maximum Gasteiger partial charge on any atom is 0.241 e. The summed E-state index contributed by atoms with van der Waals surface area (Å²) >= 11 is 0. The second kappa shape index (κ2) is 7.52. The van der Waals surface area contributed by atoms with E-state index < -0.39 is 16.1 Å². The lowest BCUT2D eigenvalue weighted by molar-refractivity contribution is -0.116. The number of carbonyl (C=O) groups is 1. The number of benzene rings is 1. The summed E-state index contributed by atoms with van der Waals surface area (Å²) < 4.78 is 34.9. The average Bonchev–Trinajstić information content (AvgIpc) is 3.07. The number of ether oxygens (including phenoxy) is 1. The molecule has 1 aliphatic rings. The highest BCUT2D eigenvalue weighted by molar-refractivity contribution is 7.89. The largest absolute Gasteiger partial charge is 0.383 e. The highest BCUT2D eigenvalue weighted by atomic mass is 32.2. The molecule has 140 valence electrons. The van der Waals surface area contributed by atoms with Crippen molar-refractivity contribution in [3.8, 4) is 0 Å².